The van der Waals surface area contributed by atoms with Gasteiger partial charge >= 0.3 is 5.97 Å². The predicted molar refractivity (Wildman–Crippen MR) is 46.4 cm³/mol. The van der Waals surface area contributed by atoms with E-state index in [4.69, 9.17) is 5.11 Å². The molecule has 0 fully saturated rings. The maximum atomic E-state index is 12.6. The second kappa shape index (κ2) is 2.97. The molecule has 1 N–H and O–H groups in total. The van der Waals surface area contributed by atoms with Crippen LogP contribution < -0.4 is 0 Å². The third-order valence-corrected chi connectivity index (χ3v) is 2.94. The number of carboxylic acids is 1. The Bertz CT molecular complexity index is 277. The number of carboxylic acid groups (broad SMARTS) is 1. The second-order valence-corrected chi connectivity index (χ2v) is 3.87. The largest absolute Gasteiger partial charge is 0.480 e. The summed E-state index contributed by atoms with van der Waals surface area (Å²) in [6.07, 6.45) is 2.03. The van der Waals surface area contributed by atoms with Crippen molar-refractivity contribution in [2.45, 2.75) is 17.3 Å². The van der Waals surface area contributed by atoms with Gasteiger partial charge in [-0.05, 0) is 13.0 Å². The first-order valence-corrected chi connectivity index (χ1v) is 4.10. The molecule has 5 heteroatoms. The zero-order chi connectivity index (χ0) is 9.35. The van der Waals surface area contributed by atoms with Gasteiger partial charge in [0.2, 0.25) is 0 Å². The van der Waals surface area contributed by atoms with Crippen LogP contribution in [0.15, 0.2) is 16.9 Å². The number of aliphatic imine (C=N–C) groups is 1. The van der Waals surface area contributed by atoms with Crippen LogP contribution in [0, 0.1) is 0 Å². The fourth-order valence-electron chi connectivity index (χ4n) is 0.890. The maximum absolute atomic E-state index is 12.6. The number of nitrogens with zero attached hydrogens (tertiary/aromatic N) is 1. The Labute approximate surface area is 77.1 Å². The van der Waals surface area contributed by atoms with Gasteiger partial charge in [0, 0.05) is 0 Å². The molecule has 1 heterocycles. The first kappa shape index (κ1) is 9.38. The molecule has 0 aromatic rings. The molecule has 0 radical (unpaired) electrons. The van der Waals surface area contributed by atoms with Crippen LogP contribution in [0.1, 0.15) is 6.92 Å². The number of rotatable bonds is 1. The van der Waals surface area contributed by atoms with Gasteiger partial charge in [-0.3, -0.25) is 9.79 Å². The molecule has 0 spiro atoms. The summed E-state index contributed by atoms with van der Waals surface area (Å²) in [7, 11) is 0. The van der Waals surface area contributed by atoms with Crippen LogP contribution in [-0.2, 0) is 4.79 Å². The molecule has 1 aliphatic heterocycles. The average Bonchev–Trinajstić information content (AvgIpc) is 1.97. The summed E-state index contributed by atoms with van der Waals surface area (Å²) in [6.45, 7) is 1.60. The Morgan fingerprint density at radius 3 is 2.92 bits per heavy atom. The molecular formula is C7H7BrFNO2. The van der Waals surface area contributed by atoms with Crippen LogP contribution in [0.5, 0.6) is 0 Å². The zero-order valence-electron chi connectivity index (χ0n) is 6.29. The van der Waals surface area contributed by atoms with Gasteiger partial charge < -0.3 is 5.11 Å². The lowest BCUT2D eigenvalue weighted by Crippen LogP contribution is -2.41. The number of halogens is 2. The molecule has 0 aromatic carbocycles. The standard InChI is InChI=1S/C7H7BrFNO2/c1-4-7(8,6(11)12)2-5(9)3-10-4/h2-4H,1H3,(H,11,12). The molecule has 2 atom stereocenters. The van der Waals surface area contributed by atoms with Gasteiger partial charge in [-0.2, -0.15) is 0 Å². The molecular weight excluding hydrogens is 229 g/mol. The van der Waals surface area contributed by atoms with Crippen molar-refractivity contribution >= 4 is 28.1 Å². The van der Waals surface area contributed by atoms with E-state index in [1.807, 2.05) is 0 Å². The van der Waals surface area contributed by atoms with Crippen molar-refractivity contribution in [3.8, 4) is 0 Å². The fourth-order valence-corrected chi connectivity index (χ4v) is 1.23. The highest BCUT2D eigenvalue weighted by atomic mass is 79.9. The summed E-state index contributed by atoms with van der Waals surface area (Å²) in [5.74, 6) is -1.77. The Hall–Kier alpha value is -0.710. The average molecular weight is 236 g/mol. The summed E-state index contributed by atoms with van der Waals surface area (Å²) >= 11 is 2.94. The van der Waals surface area contributed by atoms with Crippen molar-refractivity contribution in [1.29, 1.82) is 0 Å². The molecule has 12 heavy (non-hydrogen) atoms. The number of hydrogen-bond acceptors (Lipinski definition) is 2. The van der Waals surface area contributed by atoms with Crippen molar-refractivity contribution in [2.75, 3.05) is 0 Å². The van der Waals surface area contributed by atoms with Crippen LogP contribution in [0.25, 0.3) is 0 Å². The van der Waals surface area contributed by atoms with Gasteiger partial charge in [0.25, 0.3) is 0 Å². The Balaban J connectivity index is 3.05. The van der Waals surface area contributed by atoms with E-state index in [-0.39, 0.29) is 0 Å². The lowest BCUT2D eigenvalue weighted by Gasteiger charge is -2.25. The van der Waals surface area contributed by atoms with E-state index in [1.165, 1.54) is 0 Å². The highest BCUT2D eigenvalue weighted by molar-refractivity contribution is 9.10. The molecule has 2 unspecified atom stereocenters. The molecule has 0 aliphatic carbocycles. The molecule has 66 valence electrons. The van der Waals surface area contributed by atoms with Gasteiger partial charge in [-0.1, -0.05) is 15.9 Å². The number of allylic oxidation sites excluding steroid dienone is 1. The molecule has 1 rings (SSSR count). The quantitative estimate of drug-likeness (QED) is 0.702. The summed E-state index contributed by atoms with van der Waals surface area (Å²) in [5.41, 5.74) is 0. The Morgan fingerprint density at radius 1 is 1.92 bits per heavy atom. The summed E-state index contributed by atoms with van der Waals surface area (Å²) in [6, 6.07) is -0.505. The van der Waals surface area contributed by atoms with E-state index in [9.17, 15) is 9.18 Å². The minimum Gasteiger partial charge on any atom is -0.480 e. The summed E-state index contributed by atoms with van der Waals surface area (Å²) < 4.78 is 11.2. The van der Waals surface area contributed by atoms with Crippen LogP contribution in [0.4, 0.5) is 4.39 Å². The van der Waals surface area contributed by atoms with Crippen molar-refractivity contribution in [2.24, 2.45) is 4.99 Å². The van der Waals surface area contributed by atoms with Gasteiger partial charge in [0.1, 0.15) is 5.83 Å². The van der Waals surface area contributed by atoms with Crippen LogP contribution in [0.3, 0.4) is 0 Å². The molecule has 0 saturated heterocycles. The van der Waals surface area contributed by atoms with Gasteiger partial charge in [-0.25, -0.2) is 4.39 Å². The van der Waals surface area contributed by atoms with Crippen LogP contribution in [-0.4, -0.2) is 27.7 Å². The second-order valence-electron chi connectivity index (χ2n) is 2.56. The third-order valence-electron chi connectivity index (χ3n) is 1.71. The number of hydrogen-bond donors (Lipinski definition) is 1. The topological polar surface area (TPSA) is 49.7 Å². The lowest BCUT2D eigenvalue weighted by molar-refractivity contribution is -0.138. The summed E-state index contributed by atoms with van der Waals surface area (Å²) in [4.78, 5) is 14.4. The Kier molecular flexibility index (Phi) is 2.32. The normalized spacial score (nSPS) is 34.6. The van der Waals surface area contributed by atoms with Gasteiger partial charge in [0.15, 0.2) is 4.32 Å². The van der Waals surface area contributed by atoms with E-state index in [0.29, 0.717) is 0 Å². The van der Waals surface area contributed by atoms with Crippen molar-refractivity contribution < 1.29 is 14.3 Å². The third kappa shape index (κ3) is 1.41. The monoisotopic (exact) mass is 235 g/mol. The van der Waals surface area contributed by atoms with Crippen LogP contribution >= 0.6 is 15.9 Å². The van der Waals surface area contributed by atoms with Crippen molar-refractivity contribution in [1.82, 2.24) is 0 Å². The molecule has 0 amide bonds. The Morgan fingerprint density at radius 2 is 2.50 bits per heavy atom. The maximum Gasteiger partial charge on any atom is 0.326 e. The van der Waals surface area contributed by atoms with Gasteiger partial charge in [-0.15, -0.1) is 0 Å². The number of dihydropyridines is 1. The lowest BCUT2D eigenvalue weighted by atomic mass is 9.99. The first-order chi connectivity index (χ1) is 5.47. The smallest absolute Gasteiger partial charge is 0.326 e. The van der Waals surface area contributed by atoms with E-state index in [1.54, 1.807) is 6.92 Å². The van der Waals surface area contributed by atoms with Crippen molar-refractivity contribution in [3.05, 3.63) is 11.9 Å². The number of carbonyl (C=O) groups is 1. The molecule has 0 saturated carbocycles. The summed E-state index contributed by atoms with van der Waals surface area (Å²) in [5, 5.41) is 8.75. The molecule has 3 nitrogen and oxygen atoms in total. The minimum atomic E-state index is -1.40. The van der Waals surface area contributed by atoms with E-state index in [2.05, 4.69) is 20.9 Å². The van der Waals surface area contributed by atoms with E-state index in [0.717, 1.165) is 12.3 Å². The number of alkyl halides is 1. The SMILES string of the molecule is CC1N=CC(F)=CC1(Br)C(=O)O. The van der Waals surface area contributed by atoms with E-state index < -0.39 is 22.2 Å². The number of aliphatic carboxylic acids is 1. The highest BCUT2D eigenvalue weighted by Crippen LogP contribution is 2.31. The zero-order valence-corrected chi connectivity index (χ0v) is 7.88. The van der Waals surface area contributed by atoms with E-state index >= 15 is 0 Å². The highest BCUT2D eigenvalue weighted by Gasteiger charge is 2.41. The van der Waals surface area contributed by atoms with Gasteiger partial charge in [0.05, 0.1) is 12.3 Å². The molecule has 1 aliphatic rings. The minimum absolute atomic E-state index is 0.505. The van der Waals surface area contributed by atoms with Crippen LogP contribution in [0.2, 0.25) is 0 Å². The first-order valence-electron chi connectivity index (χ1n) is 3.30. The predicted octanol–water partition coefficient (Wildman–Crippen LogP) is 1.53. The molecule has 0 bridgehead atoms. The van der Waals surface area contributed by atoms with Crippen molar-refractivity contribution in [3.63, 3.8) is 0 Å². The molecule has 0 aromatic heterocycles. The fraction of sp³-hybridized carbons (Fsp3) is 0.429.